The number of aromatic nitrogens is 1. The number of nitrogens with zero attached hydrogens (tertiary/aromatic N) is 3. The third-order valence-electron chi connectivity index (χ3n) is 5.36. The molecule has 3 rings (SSSR count). The van der Waals surface area contributed by atoms with Crippen LogP contribution in [0.1, 0.15) is 19.4 Å². The minimum absolute atomic E-state index is 0.166. The zero-order valence-corrected chi connectivity index (χ0v) is 19.8. The summed E-state index contributed by atoms with van der Waals surface area (Å²) in [4.78, 5) is 28.5. The van der Waals surface area contributed by atoms with Gasteiger partial charge in [0, 0.05) is 43.2 Å². The zero-order valence-electron chi connectivity index (χ0n) is 19.8. The first-order valence-corrected chi connectivity index (χ1v) is 10.8. The fourth-order valence-corrected chi connectivity index (χ4v) is 3.45. The zero-order chi connectivity index (χ0) is 25.6. The van der Waals surface area contributed by atoms with Crippen molar-refractivity contribution < 1.29 is 23.1 Å². The van der Waals surface area contributed by atoms with E-state index in [4.69, 9.17) is 4.74 Å². The number of carbonyl (C=O) groups excluding carboxylic acids is 2. The number of rotatable bonds is 9. The van der Waals surface area contributed by atoms with Crippen LogP contribution < -0.4 is 15.1 Å². The summed E-state index contributed by atoms with van der Waals surface area (Å²) >= 11 is 0. The summed E-state index contributed by atoms with van der Waals surface area (Å²) in [6, 6.07) is 14.5. The van der Waals surface area contributed by atoms with Crippen LogP contribution in [0.25, 0.3) is 11.1 Å². The highest BCUT2D eigenvalue weighted by Gasteiger charge is 2.26. The molecule has 2 aromatic carbocycles. The lowest BCUT2D eigenvalue weighted by Crippen LogP contribution is -2.31. The van der Waals surface area contributed by atoms with Gasteiger partial charge in [-0.3, -0.25) is 14.8 Å². The number of hydrazone groups is 1. The molecular weight excluding hydrogens is 454 g/mol. The number of ether oxygens (including phenoxy) is 1. The summed E-state index contributed by atoms with van der Waals surface area (Å²) < 4.78 is 32.7. The lowest BCUT2D eigenvalue weighted by molar-refractivity contribution is -0.122. The maximum absolute atomic E-state index is 13.6. The summed E-state index contributed by atoms with van der Waals surface area (Å²) in [5.74, 6) is -4.27. The Kier molecular flexibility index (Phi) is 7.91. The van der Waals surface area contributed by atoms with E-state index in [9.17, 15) is 18.4 Å². The first-order chi connectivity index (χ1) is 16.6. The summed E-state index contributed by atoms with van der Waals surface area (Å²) in [6.45, 7) is 2.33. The summed E-state index contributed by atoms with van der Waals surface area (Å²) in [6.07, 6.45) is 3.83. The quantitative estimate of drug-likeness (QED) is 0.199. The van der Waals surface area contributed by atoms with Crippen LogP contribution in [-0.2, 0) is 15.5 Å². The van der Waals surface area contributed by atoms with Crippen molar-refractivity contribution in [3.8, 4) is 16.9 Å². The number of carbonyl (C=O) groups is 2. The highest BCUT2D eigenvalue weighted by molar-refractivity contribution is 6.17. The molecule has 0 saturated carbocycles. The fourth-order valence-electron chi connectivity index (χ4n) is 3.45. The summed E-state index contributed by atoms with van der Waals surface area (Å²) in [7, 11) is 3.27. The molecule has 1 atom stereocenters. The first kappa shape index (κ1) is 25.5. The number of nitrogens with one attached hydrogen (secondary N) is 1. The Bertz CT molecular complexity index is 1230. The van der Waals surface area contributed by atoms with Gasteiger partial charge in [-0.15, -0.1) is 0 Å². The van der Waals surface area contributed by atoms with E-state index in [1.807, 2.05) is 18.2 Å². The van der Waals surface area contributed by atoms with Gasteiger partial charge in [0.25, 0.3) is 5.92 Å². The third-order valence-corrected chi connectivity index (χ3v) is 5.36. The van der Waals surface area contributed by atoms with Crippen molar-refractivity contribution in [2.24, 2.45) is 11.0 Å². The number of anilines is 2. The van der Waals surface area contributed by atoms with Crippen molar-refractivity contribution in [1.29, 1.82) is 0 Å². The van der Waals surface area contributed by atoms with Crippen LogP contribution >= 0.6 is 0 Å². The predicted octanol–water partition coefficient (Wildman–Crippen LogP) is 5.13. The van der Waals surface area contributed by atoms with Gasteiger partial charge < -0.3 is 14.8 Å². The smallest absolute Gasteiger partial charge is 0.270 e. The van der Waals surface area contributed by atoms with Crippen molar-refractivity contribution in [1.82, 2.24) is 4.98 Å². The van der Waals surface area contributed by atoms with Crippen LogP contribution in [0.3, 0.4) is 0 Å². The normalized spacial score (nSPS) is 12.6. The molecule has 0 aliphatic carbocycles. The number of pyridine rings is 1. The Labute approximate surface area is 202 Å². The van der Waals surface area contributed by atoms with Crippen molar-refractivity contribution in [3.63, 3.8) is 0 Å². The average Bonchev–Trinajstić information content (AvgIpc) is 2.84. The number of hydrogen-bond donors (Lipinski definition) is 1. The Morgan fingerprint density at radius 2 is 1.89 bits per heavy atom. The number of benzene rings is 2. The number of hydrogen-bond acceptors (Lipinski definition) is 6. The van der Waals surface area contributed by atoms with E-state index in [0.29, 0.717) is 17.7 Å². The summed E-state index contributed by atoms with van der Waals surface area (Å²) in [5, 5.41) is 8.48. The molecule has 35 heavy (non-hydrogen) atoms. The monoisotopic (exact) mass is 480 g/mol. The van der Waals surface area contributed by atoms with Gasteiger partial charge in [-0.05, 0) is 55.0 Å². The molecule has 1 N–H and O–H groups in total. The SMILES string of the molecule is COc1ccc(N(C)/N=C(/C)C(C=O)C(=O)Nc2cccc(C(C)(F)F)c2)cc1-c1ccncc1. The van der Waals surface area contributed by atoms with Crippen molar-refractivity contribution in [3.05, 3.63) is 72.6 Å². The fraction of sp³-hybridized carbons (Fsp3) is 0.231. The lowest BCUT2D eigenvalue weighted by atomic mass is 10.0. The summed E-state index contributed by atoms with van der Waals surface area (Å²) in [5.41, 5.74) is 2.58. The molecule has 1 unspecified atom stereocenters. The van der Waals surface area contributed by atoms with Gasteiger partial charge in [0.15, 0.2) is 0 Å². The standard InChI is InChI=1S/C26H26F2N4O3/c1-17(23(16-33)25(34)30-20-7-5-6-19(14-20)26(2,27)28)31-32(3)21-8-9-24(35-4)22(15-21)18-10-12-29-13-11-18/h5-16,23H,1-4H3,(H,30,34)/b31-17-. The molecule has 1 aromatic heterocycles. The van der Waals surface area contributed by atoms with E-state index < -0.39 is 17.7 Å². The van der Waals surface area contributed by atoms with Crippen LogP contribution in [0.4, 0.5) is 20.2 Å². The van der Waals surface area contributed by atoms with Gasteiger partial charge in [0.1, 0.15) is 18.0 Å². The Hall–Kier alpha value is -4.14. The Balaban J connectivity index is 1.82. The predicted molar refractivity (Wildman–Crippen MR) is 132 cm³/mol. The molecule has 0 aliphatic rings. The molecule has 9 heteroatoms. The molecule has 0 saturated heterocycles. The molecule has 0 bridgehead atoms. The largest absolute Gasteiger partial charge is 0.496 e. The minimum Gasteiger partial charge on any atom is -0.496 e. The lowest BCUT2D eigenvalue weighted by Gasteiger charge is -2.19. The Morgan fingerprint density at radius 3 is 2.51 bits per heavy atom. The van der Waals surface area contributed by atoms with Crippen LogP contribution in [0.5, 0.6) is 5.75 Å². The maximum atomic E-state index is 13.6. The molecule has 0 aliphatic heterocycles. The Morgan fingerprint density at radius 1 is 1.17 bits per heavy atom. The van der Waals surface area contributed by atoms with Crippen LogP contribution in [-0.4, -0.2) is 37.0 Å². The topological polar surface area (TPSA) is 83.9 Å². The van der Waals surface area contributed by atoms with E-state index in [0.717, 1.165) is 18.1 Å². The van der Waals surface area contributed by atoms with E-state index in [2.05, 4.69) is 15.4 Å². The van der Waals surface area contributed by atoms with Crippen molar-refractivity contribution >= 4 is 29.3 Å². The van der Waals surface area contributed by atoms with E-state index >= 15 is 0 Å². The third kappa shape index (κ3) is 6.26. The highest BCUT2D eigenvalue weighted by Crippen LogP contribution is 2.33. The van der Waals surface area contributed by atoms with Crippen molar-refractivity contribution in [2.45, 2.75) is 19.8 Å². The first-order valence-electron chi connectivity index (χ1n) is 10.8. The molecule has 1 amide bonds. The average molecular weight is 481 g/mol. The van der Waals surface area contributed by atoms with Crippen LogP contribution in [0.2, 0.25) is 0 Å². The molecule has 0 spiro atoms. The highest BCUT2D eigenvalue weighted by atomic mass is 19.3. The molecule has 0 fully saturated rings. The van der Waals surface area contributed by atoms with Crippen LogP contribution in [0, 0.1) is 5.92 Å². The number of aldehydes is 1. The van der Waals surface area contributed by atoms with Gasteiger partial charge >= 0.3 is 0 Å². The number of amides is 1. The minimum atomic E-state index is -3.06. The van der Waals surface area contributed by atoms with E-state index in [1.165, 1.54) is 24.3 Å². The van der Waals surface area contributed by atoms with E-state index in [1.54, 1.807) is 50.6 Å². The van der Waals surface area contributed by atoms with Crippen molar-refractivity contribution in [2.75, 3.05) is 24.5 Å². The molecule has 182 valence electrons. The van der Waals surface area contributed by atoms with Gasteiger partial charge in [-0.1, -0.05) is 12.1 Å². The molecule has 0 radical (unpaired) electrons. The number of alkyl halides is 2. The second kappa shape index (κ2) is 10.9. The van der Waals surface area contributed by atoms with Crippen LogP contribution in [0.15, 0.2) is 72.1 Å². The van der Waals surface area contributed by atoms with Gasteiger partial charge in [-0.25, -0.2) is 8.78 Å². The molecular formula is C26H26F2N4O3. The van der Waals surface area contributed by atoms with E-state index in [-0.39, 0.29) is 17.0 Å². The molecule has 7 nitrogen and oxygen atoms in total. The molecule has 1 heterocycles. The number of methoxy groups -OCH3 is 1. The van der Waals surface area contributed by atoms with Gasteiger partial charge in [0.05, 0.1) is 18.5 Å². The molecule has 3 aromatic rings. The maximum Gasteiger partial charge on any atom is 0.270 e. The second-order valence-corrected chi connectivity index (χ2v) is 7.96. The number of halogens is 2. The van der Waals surface area contributed by atoms with Gasteiger partial charge in [-0.2, -0.15) is 5.10 Å². The van der Waals surface area contributed by atoms with Gasteiger partial charge in [0.2, 0.25) is 5.91 Å². The second-order valence-electron chi connectivity index (χ2n) is 7.96.